The Bertz CT molecular complexity index is 1490. The molecule has 37 heavy (non-hydrogen) atoms. The van der Waals surface area contributed by atoms with Gasteiger partial charge in [0.2, 0.25) is 0 Å². The van der Waals surface area contributed by atoms with Gasteiger partial charge in [-0.05, 0) is 53.9 Å². The van der Waals surface area contributed by atoms with Gasteiger partial charge in [0, 0.05) is 30.1 Å². The molecule has 2 N–H and O–H groups in total. The molecule has 4 rings (SSSR count). The Balaban J connectivity index is 1.93. The van der Waals surface area contributed by atoms with Crippen molar-refractivity contribution in [2.24, 2.45) is 5.92 Å². The predicted octanol–water partition coefficient (Wildman–Crippen LogP) is 5.62. The summed E-state index contributed by atoms with van der Waals surface area (Å²) in [6.45, 7) is 4.52. The highest BCUT2D eigenvalue weighted by Gasteiger charge is 2.29. The largest absolute Gasteiger partial charge is 0.455 e. The molecule has 8 nitrogen and oxygen atoms in total. The number of furan rings is 1. The first kappa shape index (κ1) is 25.6. The summed E-state index contributed by atoms with van der Waals surface area (Å²) in [5.41, 5.74) is 2.54. The Hall–Kier alpha value is -4.53. The molecule has 0 aliphatic heterocycles. The molecule has 0 spiro atoms. The van der Waals surface area contributed by atoms with Gasteiger partial charge in [0.05, 0.1) is 22.1 Å². The highest BCUT2D eigenvalue weighted by Crippen LogP contribution is 2.40. The van der Waals surface area contributed by atoms with E-state index in [9.17, 15) is 18.9 Å². The van der Waals surface area contributed by atoms with Crippen LogP contribution in [0.5, 0.6) is 0 Å². The summed E-state index contributed by atoms with van der Waals surface area (Å²) < 4.78 is 19.6. The van der Waals surface area contributed by atoms with Crippen molar-refractivity contribution in [2.45, 2.75) is 13.8 Å². The molecule has 0 saturated heterocycles. The molecule has 1 heterocycles. The van der Waals surface area contributed by atoms with Crippen LogP contribution in [-0.2, 0) is 4.84 Å². The Labute approximate surface area is 213 Å². The Morgan fingerprint density at radius 1 is 1.03 bits per heavy atom. The zero-order valence-corrected chi connectivity index (χ0v) is 20.9. The highest BCUT2D eigenvalue weighted by molar-refractivity contribution is 6.12. The quantitative estimate of drug-likeness (QED) is 0.303. The minimum atomic E-state index is -0.426. The summed E-state index contributed by atoms with van der Waals surface area (Å²) in [4.78, 5) is 43.6. The van der Waals surface area contributed by atoms with Crippen LogP contribution in [-0.4, -0.2) is 37.4 Å². The molecule has 0 atom stereocenters. The van der Waals surface area contributed by atoms with Crippen molar-refractivity contribution in [2.75, 3.05) is 20.7 Å². The molecule has 0 fully saturated rings. The van der Waals surface area contributed by atoms with E-state index < -0.39 is 11.7 Å². The van der Waals surface area contributed by atoms with Gasteiger partial charge in [0.15, 0.2) is 7.11 Å². The first-order chi connectivity index (χ1) is 17.7. The molecule has 4 aromatic rings. The number of halogens is 1. The molecular weight excluding hydrogens is 477 g/mol. The van der Waals surface area contributed by atoms with Gasteiger partial charge in [-0.25, -0.2) is 9.23 Å². The number of amides is 2. The van der Waals surface area contributed by atoms with Gasteiger partial charge in [-0.3, -0.25) is 9.59 Å². The topological polar surface area (TPSA) is 101 Å². The Kier molecular flexibility index (Phi) is 7.33. The van der Waals surface area contributed by atoms with Crippen LogP contribution in [0.25, 0.3) is 33.4 Å². The lowest BCUT2D eigenvalue weighted by Crippen LogP contribution is -2.27. The van der Waals surface area contributed by atoms with Crippen molar-refractivity contribution < 1.29 is 28.2 Å². The summed E-state index contributed by atoms with van der Waals surface area (Å²) in [7, 11) is 2.73. The third-order valence-electron chi connectivity index (χ3n) is 5.84. The number of fused-ring (bicyclic) bond motifs is 1. The lowest BCUT2D eigenvalue weighted by atomic mass is 9.97. The van der Waals surface area contributed by atoms with E-state index >= 15 is 0 Å². The lowest BCUT2D eigenvalue weighted by molar-refractivity contribution is -0.736. The summed E-state index contributed by atoms with van der Waals surface area (Å²) >= 11 is 0. The summed E-state index contributed by atoms with van der Waals surface area (Å²) in [6, 6.07) is 15.5. The smallest absolute Gasteiger partial charge is 0.328 e. The highest BCUT2D eigenvalue weighted by atomic mass is 19.1. The average molecular weight is 505 g/mol. The lowest BCUT2D eigenvalue weighted by Gasteiger charge is -2.09. The van der Waals surface area contributed by atoms with Crippen LogP contribution < -0.4 is 10.6 Å². The van der Waals surface area contributed by atoms with E-state index in [-0.39, 0.29) is 34.4 Å². The van der Waals surface area contributed by atoms with Gasteiger partial charge in [0.25, 0.3) is 16.7 Å². The van der Waals surface area contributed by atoms with E-state index in [2.05, 4.69) is 10.6 Å². The number of nitrogens with zero attached hydrogens (tertiary/aromatic N) is 1. The molecule has 2 amide bonds. The molecule has 0 unspecified atom stereocenters. The maximum absolute atomic E-state index is 13.5. The molecule has 190 valence electrons. The molecule has 0 radical (unpaired) electrons. The number of carbonyl (C=O) groups is 2. The normalized spacial score (nSPS) is 11.0. The molecule has 0 aliphatic rings. The Morgan fingerprint density at radius 2 is 1.76 bits per heavy atom. The fourth-order valence-corrected chi connectivity index (χ4v) is 3.99. The second-order valence-electron chi connectivity index (χ2n) is 8.88. The van der Waals surface area contributed by atoms with E-state index in [4.69, 9.17) is 9.25 Å². The number of benzene rings is 3. The zero-order valence-electron chi connectivity index (χ0n) is 20.9. The second kappa shape index (κ2) is 10.6. The second-order valence-corrected chi connectivity index (χ2v) is 8.88. The van der Waals surface area contributed by atoms with Gasteiger partial charge < -0.3 is 15.1 Å². The van der Waals surface area contributed by atoms with Crippen molar-refractivity contribution in [3.05, 3.63) is 82.5 Å². The monoisotopic (exact) mass is 504 g/mol. The number of rotatable bonds is 8. The minimum Gasteiger partial charge on any atom is -0.455 e. The summed E-state index contributed by atoms with van der Waals surface area (Å²) in [6.07, 6.45) is 0. The Morgan fingerprint density at radius 3 is 2.41 bits per heavy atom. The summed E-state index contributed by atoms with van der Waals surface area (Å²) in [5.74, 6) is -0.558. The van der Waals surface area contributed by atoms with E-state index in [0.717, 1.165) is 0 Å². The van der Waals surface area contributed by atoms with E-state index in [0.29, 0.717) is 39.1 Å². The molecule has 9 heteroatoms. The van der Waals surface area contributed by atoms with Crippen molar-refractivity contribution in [1.29, 1.82) is 0 Å². The van der Waals surface area contributed by atoms with Crippen molar-refractivity contribution in [3.63, 3.8) is 0 Å². The van der Waals surface area contributed by atoms with E-state index in [1.807, 2.05) is 13.8 Å². The van der Waals surface area contributed by atoms with Crippen LogP contribution in [0.15, 0.2) is 65.1 Å². The number of carbonyl (C=O) groups excluding carboxylic acids is 2. The first-order valence-corrected chi connectivity index (χ1v) is 11.7. The van der Waals surface area contributed by atoms with E-state index in [1.165, 1.54) is 44.5 Å². The van der Waals surface area contributed by atoms with Gasteiger partial charge in [-0.1, -0.05) is 26.0 Å². The van der Waals surface area contributed by atoms with Gasteiger partial charge in [0.1, 0.15) is 17.2 Å². The van der Waals surface area contributed by atoms with Crippen LogP contribution in [0, 0.1) is 16.6 Å². The van der Waals surface area contributed by atoms with Crippen molar-refractivity contribution in [3.8, 4) is 22.5 Å². The maximum Gasteiger partial charge on any atom is 0.328 e. The van der Waals surface area contributed by atoms with Crippen molar-refractivity contribution in [1.82, 2.24) is 10.6 Å². The number of hydrogen-bond donors (Lipinski definition) is 2. The van der Waals surface area contributed by atoms with E-state index in [1.54, 1.807) is 30.3 Å². The third kappa shape index (κ3) is 5.20. The van der Waals surface area contributed by atoms with Crippen LogP contribution in [0.1, 0.15) is 34.6 Å². The standard InChI is InChI=1S/C28H26FN3O5/c1-16(2)15-31-27(33)19-7-5-6-18(12-19)21-13-22-24(14-23(21)32(35)36-4)37-26(25(22)28(34)30-3)17-8-10-20(29)11-9-17/h5-14,16H,15H2,1-4H3,(H-,30,31,33,34)/p+1. The molecule has 3 aromatic carbocycles. The average Bonchev–Trinajstić information content (AvgIpc) is 3.29. The molecular formula is C28H27FN3O5+. The first-order valence-electron chi connectivity index (χ1n) is 11.7. The van der Waals surface area contributed by atoms with Crippen LogP contribution >= 0.6 is 0 Å². The summed E-state index contributed by atoms with van der Waals surface area (Å²) in [5, 5.41) is 5.94. The molecule has 1 aromatic heterocycles. The van der Waals surface area contributed by atoms with Gasteiger partial charge in [-0.15, -0.1) is 0 Å². The molecule has 0 bridgehead atoms. The van der Waals surface area contributed by atoms with Crippen LogP contribution in [0.4, 0.5) is 10.1 Å². The molecule has 0 saturated carbocycles. The maximum atomic E-state index is 13.5. The van der Waals surface area contributed by atoms with Gasteiger partial charge in [-0.2, -0.15) is 0 Å². The SMILES string of the molecule is CNC(=O)c1c(-c2ccc(F)cc2)oc2cc([N+](=O)OC)c(-c3cccc(C(=O)NCC(C)C)c3)cc12. The number of nitrogens with one attached hydrogen (secondary N) is 2. The van der Waals surface area contributed by atoms with Gasteiger partial charge >= 0.3 is 5.69 Å². The fourth-order valence-electron chi connectivity index (χ4n) is 3.99. The van der Waals surface area contributed by atoms with Crippen LogP contribution in [0.3, 0.4) is 0 Å². The van der Waals surface area contributed by atoms with Crippen molar-refractivity contribution >= 4 is 28.5 Å². The predicted molar refractivity (Wildman–Crippen MR) is 138 cm³/mol. The fraction of sp³-hybridized carbons (Fsp3) is 0.214. The molecule has 0 aliphatic carbocycles. The zero-order chi connectivity index (χ0) is 26.7. The third-order valence-corrected chi connectivity index (χ3v) is 5.84. The number of hydrogen-bond acceptors (Lipinski definition) is 5. The van der Waals surface area contributed by atoms with Crippen LogP contribution in [0.2, 0.25) is 0 Å². The minimum absolute atomic E-state index is 0.123.